The summed E-state index contributed by atoms with van der Waals surface area (Å²) < 4.78 is 12.9. The van der Waals surface area contributed by atoms with E-state index in [0.29, 0.717) is 6.61 Å². The van der Waals surface area contributed by atoms with Crippen LogP contribution in [0.2, 0.25) is 0 Å². The summed E-state index contributed by atoms with van der Waals surface area (Å²) in [6.07, 6.45) is 3.58. The Bertz CT molecular complexity index is 999. The van der Waals surface area contributed by atoms with Gasteiger partial charge in [0.2, 0.25) is 0 Å². The molecule has 0 saturated carbocycles. The Morgan fingerprint density at radius 2 is 1.92 bits per heavy atom. The summed E-state index contributed by atoms with van der Waals surface area (Å²) in [6, 6.07) is 17.4. The fraction of sp³-hybridized carbons (Fsp3) is 0.105. The average Bonchev–Trinajstić information content (AvgIpc) is 3.15. The maximum atomic E-state index is 5.93. The van der Waals surface area contributed by atoms with Gasteiger partial charge < -0.3 is 9.47 Å². The fourth-order valence-electron chi connectivity index (χ4n) is 2.58. The van der Waals surface area contributed by atoms with Crippen molar-refractivity contribution in [1.82, 2.24) is 20.0 Å². The molecule has 0 unspecified atom stereocenters. The van der Waals surface area contributed by atoms with Crippen molar-refractivity contribution in [2.24, 2.45) is 0 Å². The summed E-state index contributed by atoms with van der Waals surface area (Å²) in [5.74, 6) is 1.52. The molecule has 0 aliphatic rings. The minimum atomic E-state index is 0.331. The van der Waals surface area contributed by atoms with Crippen LogP contribution in [0, 0.1) is 0 Å². The molecule has 0 radical (unpaired) electrons. The first-order chi connectivity index (χ1) is 12.3. The number of hydrogen-bond donors (Lipinski definition) is 0. The number of pyridine rings is 1. The zero-order valence-electron chi connectivity index (χ0n) is 13.7. The minimum absolute atomic E-state index is 0.331. The number of fused-ring (bicyclic) bond motifs is 1. The highest BCUT2D eigenvalue weighted by molar-refractivity contribution is 5.85. The average molecular weight is 332 g/mol. The fourth-order valence-corrected chi connectivity index (χ4v) is 2.58. The largest absolute Gasteiger partial charge is 0.497 e. The molecule has 0 bridgehead atoms. The third-order valence-electron chi connectivity index (χ3n) is 3.85. The number of hydrogen-bond acceptors (Lipinski definition) is 5. The van der Waals surface area contributed by atoms with Gasteiger partial charge in [-0.1, -0.05) is 23.4 Å². The summed E-state index contributed by atoms with van der Waals surface area (Å²) in [5.41, 5.74) is 2.54. The maximum Gasteiger partial charge on any atom is 0.134 e. The third kappa shape index (κ3) is 3.14. The van der Waals surface area contributed by atoms with Crippen LogP contribution in [0.15, 0.2) is 67.0 Å². The van der Waals surface area contributed by atoms with Gasteiger partial charge >= 0.3 is 0 Å². The molecule has 6 heteroatoms. The molecule has 4 aromatic rings. The van der Waals surface area contributed by atoms with E-state index in [1.807, 2.05) is 60.8 Å². The smallest absolute Gasteiger partial charge is 0.134 e. The first-order valence-corrected chi connectivity index (χ1v) is 7.86. The van der Waals surface area contributed by atoms with E-state index in [4.69, 9.17) is 9.47 Å². The first kappa shape index (κ1) is 15.1. The van der Waals surface area contributed by atoms with E-state index < -0.39 is 0 Å². The molecular formula is C19H16N4O2. The van der Waals surface area contributed by atoms with Gasteiger partial charge in [-0.2, -0.15) is 0 Å². The molecule has 2 aromatic carbocycles. The molecule has 0 amide bonds. The van der Waals surface area contributed by atoms with Crippen LogP contribution in [-0.4, -0.2) is 27.1 Å². The maximum absolute atomic E-state index is 5.93. The molecule has 124 valence electrons. The second-order valence-electron chi connectivity index (χ2n) is 5.47. The van der Waals surface area contributed by atoms with Crippen LogP contribution >= 0.6 is 0 Å². The van der Waals surface area contributed by atoms with Gasteiger partial charge in [-0.25, -0.2) is 4.68 Å². The summed E-state index contributed by atoms with van der Waals surface area (Å²) in [6.45, 7) is 0.331. The Morgan fingerprint density at radius 1 is 1.04 bits per heavy atom. The SMILES string of the molecule is COc1ccc2c(OCc3cn(-c4ccccc4)nn3)ccnc2c1. The van der Waals surface area contributed by atoms with Crippen molar-refractivity contribution >= 4 is 10.9 Å². The molecule has 0 N–H and O–H groups in total. The molecule has 0 atom stereocenters. The van der Waals surface area contributed by atoms with E-state index in [1.165, 1.54) is 0 Å². The van der Waals surface area contributed by atoms with E-state index in [1.54, 1.807) is 18.0 Å². The van der Waals surface area contributed by atoms with Crippen molar-refractivity contribution in [3.8, 4) is 17.2 Å². The number of ether oxygens (including phenoxy) is 2. The number of benzene rings is 2. The number of rotatable bonds is 5. The lowest BCUT2D eigenvalue weighted by Crippen LogP contribution is -1.97. The topological polar surface area (TPSA) is 62.1 Å². The molecule has 0 fully saturated rings. The lowest BCUT2D eigenvalue weighted by molar-refractivity contribution is 0.304. The molecule has 4 rings (SSSR count). The Morgan fingerprint density at radius 3 is 2.76 bits per heavy atom. The highest BCUT2D eigenvalue weighted by Gasteiger charge is 2.07. The molecule has 0 spiro atoms. The third-order valence-corrected chi connectivity index (χ3v) is 3.85. The number of aromatic nitrogens is 4. The van der Waals surface area contributed by atoms with Crippen molar-refractivity contribution in [3.63, 3.8) is 0 Å². The molecule has 0 aliphatic heterocycles. The van der Waals surface area contributed by atoms with Crippen LogP contribution in [-0.2, 0) is 6.61 Å². The van der Waals surface area contributed by atoms with Crippen LogP contribution < -0.4 is 9.47 Å². The zero-order chi connectivity index (χ0) is 17.1. The van der Waals surface area contributed by atoms with Gasteiger partial charge in [0.15, 0.2) is 0 Å². The summed E-state index contributed by atoms with van der Waals surface area (Å²) in [5, 5.41) is 9.24. The van der Waals surface area contributed by atoms with Gasteiger partial charge in [-0.15, -0.1) is 5.10 Å². The highest BCUT2D eigenvalue weighted by atomic mass is 16.5. The molecule has 0 aliphatic carbocycles. The molecule has 25 heavy (non-hydrogen) atoms. The number of methoxy groups -OCH3 is 1. The van der Waals surface area contributed by atoms with Crippen LogP contribution in [0.4, 0.5) is 0 Å². The number of para-hydroxylation sites is 1. The standard InChI is InChI=1S/C19H16N4O2/c1-24-16-7-8-17-18(11-16)20-10-9-19(17)25-13-14-12-23(22-21-14)15-5-3-2-4-6-15/h2-12H,13H2,1H3. The van der Waals surface area contributed by atoms with Crippen LogP contribution in [0.25, 0.3) is 16.6 Å². The van der Waals surface area contributed by atoms with E-state index >= 15 is 0 Å². The zero-order valence-corrected chi connectivity index (χ0v) is 13.7. The summed E-state index contributed by atoms with van der Waals surface area (Å²) >= 11 is 0. The van der Waals surface area contributed by atoms with Gasteiger partial charge in [0.05, 0.1) is 24.5 Å². The first-order valence-electron chi connectivity index (χ1n) is 7.86. The van der Waals surface area contributed by atoms with E-state index in [2.05, 4.69) is 15.3 Å². The lowest BCUT2D eigenvalue weighted by Gasteiger charge is -2.08. The van der Waals surface area contributed by atoms with Gasteiger partial charge in [-0.3, -0.25) is 4.98 Å². The minimum Gasteiger partial charge on any atom is -0.497 e. The molecule has 6 nitrogen and oxygen atoms in total. The molecule has 2 heterocycles. The highest BCUT2D eigenvalue weighted by Crippen LogP contribution is 2.27. The van der Waals surface area contributed by atoms with Gasteiger partial charge in [0.1, 0.15) is 23.8 Å². The van der Waals surface area contributed by atoms with Crippen LogP contribution in [0.3, 0.4) is 0 Å². The normalized spacial score (nSPS) is 10.8. The summed E-state index contributed by atoms with van der Waals surface area (Å²) in [7, 11) is 1.64. The Labute approximate surface area is 144 Å². The van der Waals surface area contributed by atoms with Crippen molar-refractivity contribution in [3.05, 3.63) is 72.7 Å². The van der Waals surface area contributed by atoms with E-state index in [9.17, 15) is 0 Å². The van der Waals surface area contributed by atoms with Crippen molar-refractivity contribution < 1.29 is 9.47 Å². The Kier molecular flexibility index (Phi) is 4.00. The van der Waals surface area contributed by atoms with Crippen LogP contribution in [0.1, 0.15) is 5.69 Å². The second kappa shape index (κ2) is 6.60. The molecule has 0 saturated heterocycles. The van der Waals surface area contributed by atoms with Crippen molar-refractivity contribution in [1.29, 1.82) is 0 Å². The van der Waals surface area contributed by atoms with Gasteiger partial charge in [0, 0.05) is 17.6 Å². The van der Waals surface area contributed by atoms with E-state index in [0.717, 1.165) is 33.8 Å². The Balaban J connectivity index is 1.54. The van der Waals surface area contributed by atoms with Gasteiger partial charge in [0.25, 0.3) is 0 Å². The second-order valence-corrected chi connectivity index (χ2v) is 5.47. The quantitative estimate of drug-likeness (QED) is 0.560. The predicted molar refractivity (Wildman–Crippen MR) is 94.0 cm³/mol. The van der Waals surface area contributed by atoms with Crippen LogP contribution in [0.5, 0.6) is 11.5 Å². The Hall–Kier alpha value is -3.41. The molecule has 2 aromatic heterocycles. The number of nitrogens with zero attached hydrogens (tertiary/aromatic N) is 4. The van der Waals surface area contributed by atoms with Crippen molar-refractivity contribution in [2.75, 3.05) is 7.11 Å². The monoisotopic (exact) mass is 332 g/mol. The molecular weight excluding hydrogens is 316 g/mol. The lowest BCUT2D eigenvalue weighted by atomic mass is 10.2. The van der Waals surface area contributed by atoms with E-state index in [-0.39, 0.29) is 0 Å². The van der Waals surface area contributed by atoms with Crippen molar-refractivity contribution in [2.45, 2.75) is 6.61 Å². The summed E-state index contributed by atoms with van der Waals surface area (Å²) in [4.78, 5) is 4.36. The predicted octanol–water partition coefficient (Wildman–Crippen LogP) is 3.40. The van der Waals surface area contributed by atoms with Gasteiger partial charge in [-0.05, 0) is 30.3 Å².